The highest BCUT2D eigenvalue weighted by Crippen LogP contribution is 2.25. The summed E-state index contributed by atoms with van der Waals surface area (Å²) in [4.78, 5) is 23.7. The third-order valence-corrected chi connectivity index (χ3v) is 5.87. The fourth-order valence-corrected chi connectivity index (χ4v) is 3.92. The van der Waals surface area contributed by atoms with E-state index in [1.54, 1.807) is 0 Å². The van der Waals surface area contributed by atoms with E-state index in [2.05, 4.69) is 10.0 Å². The van der Waals surface area contributed by atoms with Crippen LogP contribution in [0.25, 0.3) is 0 Å². The normalized spacial score (nSPS) is 14.8. The van der Waals surface area contributed by atoms with Gasteiger partial charge in [0.1, 0.15) is 6.04 Å². The van der Waals surface area contributed by atoms with Crippen molar-refractivity contribution < 1.29 is 27.9 Å². The van der Waals surface area contributed by atoms with Crippen molar-refractivity contribution >= 4 is 45.1 Å². The lowest BCUT2D eigenvalue weighted by atomic mass is 10.2. The highest BCUT2D eigenvalue weighted by atomic mass is 35.5. The topological polar surface area (TPSA) is 122 Å². The molecule has 0 saturated carbocycles. The molecule has 1 aromatic carbocycles. The lowest BCUT2D eigenvalue weighted by Gasteiger charge is -2.20. The fraction of sp³-hybridized carbons (Fsp3) is 0.529. The first-order chi connectivity index (χ1) is 13.0. The third kappa shape index (κ3) is 7.56. The first-order valence-corrected chi connectivity index (χ1v) is 10.8. The van der Waals surface area contributed by atoms with Gasteiger partial charge in [0.2, 0.25) is 10.0 Å². The van der Waals surface area contributed by atoms with Crippen LogP contribution in [-0.2, 0) is 24.3 Å². The van der Waals surface area contributed by atoms with E-state index in [4.69, 9.17) is 27.9 Å². The Kier molecular flexibility index (Phi) is 9.65. The number of rotatable bonds is 10. The fourth-order valence-electron chi connectivity index (χ4n) is 2.27. The Balaban J connectivity index is 2.80. The minimum atomic E-state index is -4.21. The Hall–Kier alpha value is -1.39. The number of halogens is 2. The summed E-state index contributed by atoms with van der Waals surface area (Å²) >= 11 is 11.6. The van der Waals surface area contributed by atoms with Gasteiger partial charge in [-0.25, -0.2) is 8.42 Å². The maximum absolute atomic E-state index is 12.5. The van der Waals surface area contributed by atoms with Gasteiger partial charge in [-0.2, -0.15) is 4.72 Å². The summed E-state index contributed by atoms with van der Waals surface area (Å²) in [6.45, 7) is 4.40. The van der Waals surface area contributed by atoms with Gasteiger partial charge >= 0.3 is 5.97 Å². The Morgan fingerprint density at radius 2 is 1.86 bits per heavy atom. The molecule has 0 aliphatic carbocycles. The molecule has 0 heterocycles. The lowest BCUT2D eigenvalue weighted by molar-refractivity contribution is -0.152. The van der Waals surface area contributed by atoms with Crippen molar-refractivity contribution in [1.29, 1.82) is 0 Å². The average molecular weight is 455 g/mol. The molecule has 3 N–H and O–H groups in total. The molecular formula is C17H24Cl2N2O6S. The molecule has 1 aromatic rings. The average Bonchev–Trinajstić information content (AvgIpc) is 2.59. The summed E-state index contributed by atoms with van der Waals surface area (Å²) in [7, 11) is -4.21. The number of benzene rings is 1. The smallest absolute Gasteiger partial charge is 0.327 e. The number of carbonyl (C=O) groups excluding carboxylic acids is 2. The molecule has 0 aliphatic rings. The van der Waals surface area contributed by atoms with Gasteiger partial charge in [0, 0.05) is 6.04 Å². The molecule has 1 rings (SSSR count). The summed E-state index contributed by atoms with van der Waals surface area (Å²) in [6.07, 6.45) is 0.230. The van der Waals surface area contributed by atoms with Gasteiger partial charge in [-0.1, -0.05) is 36.5 Å². The molecule has 0 saturated heterocycles. The second kappa shape index (κ2) is 11.0. The molecular weight excluding hydrogens is 431 g/mol. The molecule has 3 atom stereocenters. The number of sulfonamides is 1. The van der Waals surface area contributed by atoms with Crippen LogP contribution < -0.4 is 10.0 Å². The highest BCUT2D eigenvalue weighted by Gasteiger charge is 2.31. The van der Waals surface area contributed by atoms with E-state index < -0.39 is 40.7 Å². The van der Waals surface area contributed by atoms with Gasteiger partial charge in [0.25, 0.3) is 5.91 Å². The number of carbonyl (C=O) groups is 2. The first-order valence-electron chi connectivity index (χ1n) is 8.59. The van der Waals surface area contributed by atoms with Gasteiger partial charge < -0.3 is 15.2 Å². The van der Waals surface area contributed by atoms with Gasteiger partial charge in [0.05, 0.1) is 21.0 Å². The van der Waals surface area contributed by atoms with E-state index in [-0.39, 0.29) is 21.0 Å². The van der Waals surface area contributed by atoms with E-state index in [9.17, 15) is 23.1 Å². The molecule has 158 valence electrons. The highest BCUT2D eigenvalue weighted by molar-refractivity contribution is 7.89. The van der Waals surface area contributed by atoms with Crippen LogP contribution in [0.4, 0.5) is 0 Å². The van der Waals surface area contributed by atoms with Crippen LogP contribution in [0.5, 0.6) is 0 Å². The maximum Gasteiger partial charge on any atom is 0.327 e. The SMILES string of the molecule is CCCC(C)NC(=O)COC(=O)C(NS(=O)(=O)c1ccc(Cl)c(Cl)c1)C(C)O. The predicted molar refractivity (Wildman–Crippen MR) is 106 cm³/mol. The van der Waals surface area contributed by atoms with Crippen molar-refractivity contribution in [1.82, 2.24) is 10.0 Å². The number of hydrogen-bond donors (Lipinski definition) is 3. The minimum absolute atomic E-state index is 0.0126. The van der Waals surface area contributed by atoms with Crippen LogP contribution in [0, 0.1) is 0 Å². The van der Waals surface area contributed by atoms with Gasteiger partial charge in [0.15, 0.2) is 6.61 Å². The number of ether oxygens (including phenoxy) is 1. The van der Waals surface area contributed by atoms with E-state index >= 15 is 0 Å². The summed E-state index contributed by atoms with van der Waals surface area (Å²) in [5.41, 5.74) is 0. The van der Waals surface area contributed by atoms with Crippen molar-refractivity contribution in [2.24, 2.45) is 0 Å². The lowest BCUT2D eigenvalue weighted by Crippen LogP contribution is -2.49. The van der Waals surface area contributed by atoms with Crippen LogP contribution in [0.3, 0.4) is 0 Å². The number of aliphatic hydroxyl groups is 1. The Morgan fingerprint density at radius 1 is 1.21 bits per heavy atom. The maximum atomic E-state index is 12.5. The van der Waals surface area contributed by atoms with Crippen molar-refractivity contribution in [2.45, 2.75) is 56.7 Å². The van der Waals surface area contributed by atoms with Crippen LogP contribution in [-0.4, -0.2) is 50.2 Å². The number of hydrogen-bond acceptors (Lipinski definition) is 6. The number of amides is 1. The number of aliphatic hydroxyl groups excluding tert-OH is 1. The van der Waals surface area contributed by atoms with E-state index in [1.165, 1.54) is 19.1 Å². The van der Waals surface area contributed by atoms with E-state index in [0.29, 0.717) is 0 Å². The van der Waals surface area contributed by atoms with E-state index in [0.717, 1.165) is 18.9 Å². The monoisotopic (exact) mass is 454 g/mol. The zero-order valence-corrected chi connectivity index (χ0v) is 18.1. The third-order valence-electron chi connectivity index (χ3n) is 3.69. The molecule has 0 spiro atoms. The van der Waals surface area contributed by atoms with Gasteiger partial charge in [-0.05, 0) is 38.5 Å². The van der Waals surface area contributed by atoms with Crippen molar-refractivity contribution in [3.8, 4) is 0 Å². The van der Waals surface area contributed by atoms with Gasteiger partial charge in [-0.3, -0.25) is 9.59 Å². The molecule has 28 heavy (non-hydrogen) atoms. The molecule has 0 radical (unpaired) electrons. The molecule has 0 aromatic heterocycles. The summed E-state index contributed by atoms with van der Waals surface area (Å²) in [6, 6.07) is 1.90. The minimum Gasteiger partial charge on any atom is -0.454 e. The van der Waals surface area contributed by atoms with Crippen LogP contribution in [0.2, 0.25) is 10.0 Å². The zero-order valence-electron chi connectivity index (χ0n) is 15.7. The second-order valence-electron chi connectivity index (χ2n) is 6.28. The zero-order chi connectivity index (χ0) is 21.5. The summed E-state index contributed by atoms with van der Waals surface area (Å²) in [5.74, 6) is -1.61. The molecule has 8 nitrogen and oxygen atoms in total. The van der Waals surface area contributed by atoms with E-state index in [1.807, 2.05) is 13.8 Å². The number of nitrogens with one attached hydrogen (secondary N) is 2. The summed E-state index contributed by atoms with van der Waals surface area (Å²) in [5, 5.41) is 12.6. The van der Waals surface area contributed by atoms with Crippen molar-refractivity contribution in [3.63, 3.8) is 0 Å². The standard InChI is InChI=1S/C17H24Cl2N2O6S/c1-4-5-10(2)20-15(23)9-27-17(24)16(11(3)22)21-28(25,26)12-6-7-13(18)14(19)8-12/h6-8,10-11,16,21-22H,4-5,9H2,1-3H3,(H,20,23). The van der Waals surface area contributed by atoms with Crippen LogP contribution in [0.1, 0.15) is 33.6 Å². The van der Waals surface area contributed by atoms with Crippen LogP contribution in [0.15, 0.2) is 23.1 Å². The van der Waals surface area contributed by atoms with Crippen LogP contribution >= 0.6 is 23.2 Å². The Bertz CT molecular complexity index is 801. The molecule has 0 aliphatic heterocycles. The molecule has 3 unspecified atom stereocenters. The predicted octanol–water partition coefficient (Wildman–Crippen LogP) is 1.87. The Morgan fingerprint density at radius 3 is 2.39 bits per heavy atom. The second-order valence-corrected chi connectivity index (χ2v) is 8.81. The van der Waals surface area contributed by atoms with Crippen molar-refractivity contribution in [2.75, 3.05) is 6.61 Å². The number of esters is 1. The van der Waals surface area contributed by atoms with Gasteiger partial charge in [-0.15, -0.1) is 0 Å². The molecule has 0 bridgehead atoms. The molecule has 0 fully saturated rings. The van der Waals surface area contributed by atoms with Crippen molar-refractivity contribution in [3.05, 3.63) is 28.2 Å². The summed E-state index contributed by atoms with van der Waals surface area (Å²) < 4.78 is 31.8. The largest absolute Gasteiger partial charge is 0.454 e. The Labute approximate surface area is 174 Å². The molecule has 1 amide bonds. The first kappa shape index (κ1) is 24.6. The molecule has 11 heteroatoms. The quantitative estimate of drug-likeness (QED) is 0.463.